The van der Waals surface area contributed by atoms with E-state index in [0.717, 1.165) is 17.1 Å². The van der Waals surface area contributed by atoms with Crippen molar-refractivity contribution in [2.75, 3.05) is 10.6 Å². The second kappa shape index (κ2) is 8.74. The predicted molar refractivity (Wildman–Crippen MR) is 124 cm³/mol. The molecule has 2 N–H and O–H groups in total. The van der Waals surface area contributed by atoms with Gasteiger partial charge in [0.15, 0.2) is 5.69 Å². The maximum absolute atomic E-state index is 12.8. The molecule has 0 aliphatic rings. The Morgan fingerprint density at radius 2 is 1.53 bits per heavy atom. The molecule has 0 radical (unpaired) electrons. The minimum absolute atomic E-state index is 0.180. The molecule has 0 saturated heterocycles. The number of hydrogen-bond donors (Lipinski definition) is 2. The normalized spacial score (nSPS) is 12.6. The predicted octanol–water partition coefficient (Wildman–Crippen LogP) is 6.19. The van der Waals surface area contributed by atoms with Crippen molar-refractivity contribution in [3.05, 3.63) is 77.6 Å². The van der Waals surface area contributed by atoms with Crippen molar-refractivity contribution in [2.24, 2.45) is 0 Å². The van der Waals surface area contributed by atoms with Crippen LogP contribution in [0.4, 0.5) is 11.4 Å². The highest BCUT2D eigenvalue weighted by atomic mass is 16.2. The molecule has 0 aliphatic carbocycles. The summed E-state index contributed by atoms with van der Waals surface area (Å²) in [6.07, 6.45) is 0. The van der Waals surface area contributed by atoms with Gasteiger partial charge in [0, 0.05) is 23.1 Å². The zero-order valence-corrected chi connectivity index (χ0v) is 18.7. The van der Waals surface area contributed by atoms with Crippen LogP contribution in [0.15, 0.2) is 60.7 Å². The summed E-state index contributed by atoms with van der Waals surface area (Å²) < 4.78 is 1.95. The summed E-state index contributed by atoms with van der Waals surface area (Å²) in [4.78, 5) is 12.8. The maximum Gasteiger partial charge on any atom is 0.276 e. The van der Waals surface area contributed by atoms with Gasteiger partial charge >= 0.3 is 0 Å². The van der Waals surface area contributed by atoms with Crippen molar-refractivity contribution in [3.63, 3.8) is 0 Å². The summed E-state index contributed by atoms with van der Waals surface area (Å²) in [6, 6.07) is 20.2. The topological polar surface area (TPSA) is 59.0 Å². The number of rotatable bonds is 6. The fourth-order valence-corrected chi connectivity index (χ4v) is 3.38. The Labute approximate surface area is 179 Å². The number of aromatic nitrogens is 2. The highest BCUT2D eigenvalue weighted by molar-refractivity contribution is 6.03. The van der Waals surface area contributed by atoms with Crippen molar-refractivity contribution < 1.29 is 4.79 Å². The number of anilines is 2. The van der Waals surface area contributed by atoms with E-state index >= 15 is 0 Å². The van der Waals surface area contributed by atoms with E-state index in [9.17, 15) is 4.79 Å². The lowest BCUT2D eigenvalue weighted by molar-refractivity contribution is 0.102. The summed E-state index contributed by atoms with van der Waals surface area (Å²) in [5.41, 5.74) is 4.29. The van der Waals surface area contributed by atoms with E-state index < -0.39 is 0 Å². The number of carbonyl (C=O) groups excluding carboxylic acids is 1. The van der Waals surface area contributed by atoms with Gasteiger partial charge in [-0.2, -0.15) is 5.10 Å². The van der Waals surface area contributed by atoms with Crippen molar-refractivity contribution in [2.45, 2.75) is 59.0 Å². The van der Waals surface area contributed by atoms with Gasteiger partial charge in [0.05, 0.1) is 5.54 Å². The average molecular weight is 405 g/mol. The van der Waals surface area contributed by atoms with Crippen LogP contribution in [0, 0.1) is 0 Å². The molecule has 0 saturated carbocycles. The molecule has 1 aromatic heterocycles. The lowest BCUT2D eigenvalue weighted by Crippen LogP contribution is -2.26. The first-order valence-electron chi connectivity index (χ1n) is 10.5. The minimum Gasteiger partial charge on any atom is -0.379 e. The molecule has 2 aromatic carbocycles. The van der Waals surface area contributed by atoms with Gasteiger partial charge in [-0.15, -0.1) is 0 Å². The minimum atomic E-state index is -0.196. The van der Waals surface area contributed by atoms with Gasteiger partial charge in [-0.25, -0.2) is 0 Å². The number of amides is 1. The number of carbonyl (C=O) groups is 1. The van der Waals surface area contributed by atoms with Crippen LogP contribution in [0.1, 0.15) is 75.2 Å². The zero-order chi connectivity index (χ0) is 21.9. The van der Waals surface area contributed by atoms with Gasteiger partial charge in [-0.1, -0.05) is 44.2 Å². The Morgan fingerprint density at radius 1 is 0.933 bits per heavy atom. The molecular formula is C25H32N4O. The van der Waals surface area contributed by atoms with Gasteiger partial charge in [-0.05, 0) is 69.5 Å². The van der Waals surface area contributed by atoms with Crippen LogP contribution in [-0.4, -0.2) is 15.7 Å². The van der Waals surface area contributed by atoms with Gasteiger partial charge in [0.25, 0.3) is 5.91 Å². The van der Waals surface area contributed by atoms with Crippen LogP contribution in [0.3, 0.4) is 0 Å². The molecule has 1 heterocycles. The Bertz CT molecular complexity index is 982. The van der Waals surface area contributed by atoms with Crippen LogP contribution >= 0.6 is 0 Å². The summed E-state index contributed by atoms with van der Waals surface area (Å²) in [6.45, 7) is 12.6. The average Bonchev–Trinajstić information content (AvgIpc) is 3.17. The van der Waals surface area contributed by atoms with Crippen LogP contribution in [0.2, 0.25) is 0 Å². The fraction of sp³-hybridized carbons (Fsp3) is 0.360. The van der Waals surface area contributed by atoms with Gasteiger partial charge in [0.2, 0.25) is 0 Å². The number of hydrogen-bond acceptors (Lipinski definition) is 3. The third-order valence-electron chi connectivity index (χ3n) is 5.02. The molecule has 3 aromatic rings. The number of nitrogens with one attached hydrogen (secondary N) is 2. The zero-order valence-electron chi connectivity index (χ0n) is 18.7. The Kier molecular flexibility index (Phi) is 6.30. The quantitative estimate of drug-likeness (QED) is 0.515. The molecule has 1 atom stereocenters. The first-order chi connectivity index (χ1) is 14.1. The highest BCUT2D eigenvalue weighted by Crippen LogP contribution is 2.25. The smallest absolute Gasteiger partial charge is 0.276 e. The van der Waals surface area contributed by atoms with Crippen LogP contribution in [0.25, 0.3) is 0 Å². The van der Waals surface area contributed by atoms with E-state index in [1.54, 1.807) is 0 Å². The molecule has 5 nitrogen and oxygen atoms in total. The van der Waals surface area contributed by atoms with Gasteiger partial charge in [0.1, 0.15) is 0 Å². The molecule has 5 heteroatoms. The first-order valence-corrected chi connectivity index (χ1v) is 10.5. The van der Waals surface area contributed by atoms with Crippen molar-refractivity contribution >= 4 is 17.3 Å². The summed E-state index contributed by atoms with van der Waals surface area (Å²) in [5, 5.41) is 11.0. The van der Waals surface area contributed by atoms with Crippen LogP contribution in [0.5, 0.6) is 0 Å². The van der Waals surface area contributed by atoms with E-state index in [4.69, 9.17) is 0 Å². The third kappa shape index (κ3) is 5.09. The Balaban J connectivity index is 1.69. The van der Waals surface area contributed by atoms with Crippen LogP contribution < -0.4 is 10.6 Å². The van der Waals surface area contributed by atoms with Crippen LogP contribution in [-0.2, 0) is 5.54 Å². The SMILES string of the molecule is CC(C)c1cc(C(=O)Nc2ccc(NC(C)c3ccccc3)cc2)nn1C(C)(C)C. The van der Waals surface area contributed by atoms with Crippen molar-refractivity contribution in [1.82, 2.24) is 9.78 Å². The second-order valence-corrected chi connectivity index (χ2v) is 9.00. The summed E-state index contributed by atoms with van der Waals surface area (Å²) in [7, 11) is 0. The molecule has 30 heavy (non-hydrogen) atoms. The van der Waals surface area contributed by atoms with Crippen molar-refractivity contribution in [3.8, 4) is 0 Å². The maximum atomic E-state index is 12.8. The Hall–Kier alpha value is -3.08. The monoisotopic (exact) mass is 404 g/mol. The molecule has 0 fully saturated rings. The molecule has 1 unspecified atom stereocenters. The standard InChI is InChI=1S/C25H32N4O/c1-17(2)23-16-22(28-29(23)25(4,5)6)24(30)27-21-14-12-20(13-15-21)26-18(3)19-10-8-7-9-11-19/h7-18,26H,1-6H3,(H,27,30). The molecule has 0 bridgehead atoms. The van der Waals surface area contributed by atoms with E-state index in [0.29, 0.717) is 5.69 Å². The third-order valence-corrected chi connectivity index (χ3v) is 5.02. The van der Waals surface area contributed by atoms with E-state index in [1.165, 1.54) is 5.56 Å². The highest BCUT2D eigenvalue weighted by Gasteiger charge is 2.23. The van der Waals surface area contributed by atoms with Crippen molar-refractivity contribution in [1.29, 1.82) is 0 Å². The molecule has 0 aliphatic heterocycles. The summed E-state index contributed by atoms with van der Waals surface area (Å²) in [5.74, 6) is 0.0912. The lowest BCUT2D eigenvalue weighted by Gasteiger charge is -2.23. The largest absolute Gasteiger partial charge is 0.379 e. The van der Waals surface area contributed by atoms with E-state index in [-0.39, 0.29) is 23.4 Å². The Morgan fingerprint density at radius 3 is 2.07 bits per heavy atom. The van der Waals surface area contributed by atoms with E-state index in [1.807, 2.05) is 53.2 Å². The molecular weight excluding hydrogens is 372 g/mol. The molecule has 0 spiro atoms. The molecule has 1 amide bonds. The molecule has 3 rings (SSSR count). The lowest BCUT2D eigenvalue weighted by atomic mass is 10.1. The first kappa shape index (κ1) is 21.6. The van der Waals surface area contributed by atoms with E-state index in [2.05, 4.69) is 69.4 Å². The fourth-order valence-electron chi connectivity index (χ4n) is 3.38. The van der Waals surface area contributed by atoms with Gasteiger partial charge < -0.3 is 10.6 Å². The summed E-state index contributed by atoms with van der Waals surface area (Å²) >= 11 is 0. The number of benzene rings is 2. The molecule has 158 valence electrons. The second-order valence-electron chi connectivity index (χ2n) is 9.00. The van der Waals surface area contributed by atoms with Gasteiger partial charge in [-0.3, -0.25) is 9.48 Å². The number of nitrogens with zero attached hydrogens (tertiary/aromatic N) is 2.